The van der Waals surface area contributed by atoms with E-state index in [4.69, 9.17) is 4.74 Å². The summed E-state index contributed by atoms with van der Waals surface area (Å²) in [6.07, 6.45) is 8.97. The van der Waals surface area contributed by atoms with Gasteiger partial charge in [0.25, 0.3) is 5.88 Å². The molecule has 1 saturated heterocycles. The Kier molecular flexibility index (Phi) is 6.07. The Balaban J connectivity index is 1.16. The molecule has 0 unspecified atom stereocenters. The highest BCUT2D eigenvalue weighted by Gasteiger charge is 2.33. The van der Waals surface area contributed by atoms with Gasteiger partial charge in [-0.3, -0.25) is 9.55 Å². The number of fused-ring (bicyclic) bond motifs is 3. The molecule has 1 aliphatic heterocycles. The number of nitrogens with zero attached hydrogens (tertiary/aromatic N) is 4. The molecule has 0 bridgehead atoms. The van der Waals surface area contributed by atoms with E-state index in [0.29, 0.717) is 38.9 Å². The summed E-state index contributed by atoms with van der Waals surface area (Å²) in [5, 5.41) is 1.33. The molecule has 36 heavy (non-hydrogen) atoms. The molecule has 0 amide bonds. The van der Waals surface area contributed by atoms with Crippen molar-refractivity contribution in [3.63, 3.8) is 0 Å². The molecular formula is C28H29F3N4O. The van der Waals surface area contributed by atoms with Gasteiger partial charge in [-0.2, -0.15) is 8.78 Å². The van der Waals surface area contributed by atoms with Gasteiger partial charge in [0.2, 0.25) is 0 Å². The number of alkyl halides is 2. The minimum Gasteiger partial charge on any atom is -0.472 e. The van der Waals surface area contributed by atoms with Crippen LogP contribution < -0.4 is 4.74 Å². The van der Waals surface area contributed by atoms with Crippen molar-refractivity contribution < 1.29 is 17.9 Å². The van der Waals surface area contributed by atoms with E-state index in [1.54, 1.807) is 36.7 Å². The standard InChI is InChI=1S/C28H29F3N4O/c1-17-5-8-34(9-6-17)16-18-10-21(11-18)36-27-24(29)12-20(14-33-27)19-2-3-22-23-15-32-7-4-25(23)35(28(30)31)26(22)13-19/h2-4,7,12-15,17-18,21,28H,5-6,8-11,16H2,1H3. The monoisotopic (exact) mass is 494 g/mol. The van der Waals surface area contributed by atoms with Crippen molar-refractivity contribution in [2.45, 2.75) is 45.3 Å². The first-order valence-corrected chi connectivity index (χ1v) is 12.7. The largest absolute Gasteiger partial charge is 0.472 e. The van der Waals surface area contributed by atoms with Gasteiger partial charge in [-0.05, 0) is 74.4 Å². The summed E-state index contributed by atoms with van der Waals surface area (Å²) in [5.41, 5.74) is 1.90. The lowest BCUT2D eigenvalue weighted by Gasteiger charge is -2.40. The fourth-order valence-corrected chi connectivity index (χ4v) is 5.64. The van der Waals surface area contributed by atoms with Crippen LogP contribution in [0, 0.1) is 17.7 Å². The van der Waals surface area contributed by atoms with Gasteiger partial charge in [0.1, 0.15) is 6.10 Å². The lowest BCUT2D eigenvalue weighted by molar-refractivity contribution is 0.0307. The minimum atomic E-state index is -2.71. The molecule has 0 radical (unpaired) electrons. The van der Waals surface area contributed by atoms with Crippen LogP contribution in [0.4, 0.5) is 13.2 Å². The van der Waals surface area contributed by atoms with Crippen LogP contribution in [0.25, 0.3) is 32.9 Å². The average molecular weight is 495 g/mol. The number of pyridine rings is 2. The van der Waals surface area contributed by atoms with Gasteiger partial charge in [-0.15, -0.1) is 0 Å². The lowest BCUT2D eigenvalue weighted by Crippen LogP contribution is -2.43. The van der Waals surface area contributed by atoms with Crippen LogP contribution in [0.2, 0.25) is 0 Å². The molecule has 4 heterocycles. The third-order valence-electron chi connectivity index (χ3n) is 7.80. The van der Waals surface area contributed by atoms with E-state index < -0.39 is 12.4 Å². The second kappa shape index (κ2) is 9.39. The van der Waals surface area contributed by atoms with Crippen molar-refractivity contribution in [2.24, 2.45) is 11.8 Å². The van der Waals surface area contributed by atoms with Crippen LogP contribution in [0.5, 0.6) is 5.88 Å². The highest BCUT2D eigenvalue weighted by atomic mass is 19.3. The van der Waals surface area contributed by atoms with Gasteiger partial charge in [-0.25, -0.2) is 9.37 Å². The average Bonchev–Trinajstić information content (AvgIpc) is 3.19. The van der Waals surface area contributed by atoms with E-state index in [0.717, 1.165) is 29.9 Å². The summed E-state index contributed by atoms with van der Waals surface area (Å²) in [5.74, 6) is 0.876. The molecule has 5 nitrogen and oxygen atoms in total. The van der Waals surface area contributed by atoms with E-state index in [9.17, 15) is 13.2 Å². The van der Waals surface area contributed by atoms with Crippen LogP contribution in [0.15, 0.2) is 48.9 Å². The van der Waals surface area contributed by atoms with Crippen LogP contribution in [0.1, 0.15) is 39.2 Å². The van der Waals surface area contributed by atoms with Crippen molar-refractivity contribution in [1.82, 2.24) is 19.4 Å². The maximum Gasteiger partial charge on any atom is 0.319 e. The number of hydrogen-bond donors (Lipinski definition) is 0. The quantitative estimate of drug-likeness (QED) is 0.300. The van der Waals surface area contributed by atoms with Gasteiger partial charge < -0.3 is 9.64 Å². The Morgan fingerprint density at radius 1 is 1.00 bits per heavy atom. The number of hydrogen-bond acceptors (Lipinski definition) is 4. The minimum absolute atomic E-state index is 0.00263. The first kappa shape index (κ1) is 23.3. The Morgan fingerprint density at radius 3 is 2.56 bits per heavy atom. The van der Waals surface area contributed by atoms with E-state index in [1.807, 2.05) is 0 Å². The first-order valence-electron chi connectivity index (χ1n) is 12.7. The molecule has 0 spiro atoms. The van der Waals surface area contributed by atoms with Crippen LogP contribution >= 0.6 is 0 Å². The molecule has 2 fully saturated rings. The third kappa shape index (κ3) is 4.32. The Bertz CT molecular complexity index is 1390. The zero-order chi connectivity index (χ0) is 24.8. The molecule has 6 rings (SSSR count). The number of likely N-dealkylation sites (tertiary alicyclic amines) is 1. The predicted octanol–water partition coefficient (Wildman–Crippen LogP) is 6.68. The summed E-state index contributed by atoms with van der Waals surface area (Å²) in [6.45, 7) is 3.03. The zero-order valence-electron chi connectivity index (χ0n) is 20.2. The fourth-order valence-electron chi connectivity index (χ4n) is 5.64. The number of benzene rings is 1. The second-order valence-electron chi connectivity index (χ2n) is 10.3. The predicted molar refractivity (Wildman–Crippen MR) is 134 cm³/mol. The highest BCUT2D eigenvalue weighted by Crippen LogP contribution is 2.36. The molecule has 2 aliphatic rings. The number of piperidine rings is 1. The summed E-state index contributed by atoms with van der Waals surface area (Å²) in [7, 11) is 0. The van der Waals surface area contributed by atoms with Crippen molar-refractivity contribution in [3.8, 4) is 17.0 Å². The van der Waals surface area contributed by atoms with Gasteiger partial charge in [0, 0.05) is 41.5 Å². The molecule has 8 heteroatoms. The van der Waals surface area contributed by atoms with E-state index in [2.05, 4.69) is 21.8 Å². The Morgan fingerprint density at radius 2 is 1.81 bits per heavy atom. The van der Waals surface area contributed by atoms with Crippen molar-refractivity contribution in [2.75, 3.05) is 19.6 Å². The molecule has 4 aromatic rings. The van der Waals surface area contributed by atoms with Gasteiger partial charge in [-0.1, -0.05) is 19.1 Å². The second-order valence-corrected chi connectivity index (χ2v) is 10.3. The normalized spacial score (nSPS) is 21.4. The topological polar surface area (TPSA) is 43.2 Å². The molecular weight excluding hydrogens is 465 g/mol. The Labute approximate surface area is 207 Å². The maximum absolute atomic E-state index is 14.9. The lowest BCUT2D eigenvalue weighted by atomic mass is 9.81. The third-order valence-corrected chi connectivity index (χ3v) is 7.80. The SMILES string of the molecule is CC1CCN(CC2CC(Oc3ncc(-c4ccc5c6cnccc6n(C(F)F)c5c4)cc3F)C2)CC1. The number of rotatable bonds is 6. The number of halogens is 3. The van der Waals surface area contributed by atoms with E-state index in [-0.39, 0.29) is 12.0 Å². The summed E-state index contributed by atoms with van der Waals surface area (Å²) < 4.78 is 49.6. The first-order chi connectivity index (χ1) is 17.5. The van der Waals surface area contributed by atoms with E-state index in [1.165, 1.54) is 38.2 Å². The molecule has 188 valence electrons. The van der Waals surface area contributed by atoms with Gasteiger partial charge >= 0.3 is 6.55 Å². The van der Waals surface area contributed by atoms with Crippen molar-refractivity contribution in [3.05, 3.63) is 54.7 Å². The zero-order valence-corrected chi connectivity index (χ0v) is 20.2. The van der Waals surface area contributed by atoms with Gasteiger partial charge in [0.15, 0.2) is 5.82 Å². The summed E-state index contributed by atoms with van der Waals surface area (Å²) in [6, 6.07) is 8.15. The number of ether oxygens (including phenoxy) is 1. The number of aromatic nitrogens is 3. The van der Waals surface area contributed by atoms with Crippen LogP contribution in [-0.2, 0) is 0 Å². The van der Waals surface area contributed by atoms with Crippen molar-refractivity contribution >= 4 is 21.8 Å². The van der Waals surface area contributed by atoms with Crippen LogP contribution in [-0.4, -0.2) is 45.2 Å². The molecule has 0 N–H and O–H groups in total. The van der Waals surface area contributed by atoms with E-state index >= 15 is 0 Å². The maximum atomic E-state index is 14.9. The smallest absolute Gasteiger partial charge is 0.319 e. The van der Waals surface area contributed by atoms with Crippen LogP contribution in [0.3, 0.4) is 0 Å². The molecule has 1 aliphatic carbocycles. The molecule has 1 aromatic carbocycles. The summed E-state index contributed by atoms with van der Waals surface area (Å²) >= 11 is 0. The molecule has 3 aromatic heterocycles. The Hall–Kier alpha value is -3.13. The molecule has 1 saturated carbocycles. The summed E-state index contributed by atoms with van der Waals surface area (Å²) in [4.78, 5) is 10.8. The van der Waals surface area contributed by atoms with Crippen molar-refractivity contribution in [1.29, 1.82) is 0 Å². The fraction of sp³-hybridized carbons (Fsp3) is 0.429. The highest BCUT2D eigenvalue weighted by molar-refractivity contribution is 6.08. The molecule has 0 atom stereocenters. The van der Waals surface area contributed by atoms with Gasteiger partial charge in [0.05, 0.1) is 11.0 Å².